The molecule has 0 radical (unpaired) electrons. The summed E-state index contributed by atoms with van der Waals surface area (Å²) in [6, 6.07) is -0.358. The highest BCUT2D eigenvalue weighted by molar-refractivity contribution is 5.74. The number of amides is 2. The van der Waals surface area contributed by atoms with Crippen molar-refractivity contribution in [3.63, 3.8) is 0 Å². The molecular weight excluding hydrogens is 248 g/mol. The van der Waals surface area contributed by atoms with Gasteiger partial charge < -0.3 is 21.1 Å². The maximum atomic E-state index is 11.5. The van der Waals surface area contributed by atoms with E-state index in [1.807, 2.05) is 0 Å². The number of hydrogen-bond donors (Lipinski definition) is 4. The molecule has 1 heterocycles. The number of aliphatic carboxylic acids is 1. The van der Waals surface area contributed by atoms with Gasteiger partial charge in [0.1, 0.15) is 0 Å². The van der Waals surface area contributed by atoms with Gasteiger partial charge in [-0.15, -0.1) is 0 Å². The monoisotopic (exact) mass is 272 g/mol. The Kier molecular flexibility index (Phi) is 7.20. The number of nitrogens with one attached hydrogen (secondary N) is 3. The van der Waals surface area contributed by atoms with E-state index in [0.717, 1.165) is 32.7 Å². The van der Waals surface area contributed by atoms with Crippen LogP contribution in [0.15, 0.2) is 0 Å². The molecule has 0 bridgehead atoms. The Morgan fingerprint density at radius 1 is 1.37 bits per heavy atom. The molecule has 1 fully saturated rings. The van der Waals surface area contributed by atoms with Crippen LogP contribution in [-0.2, 0) is 4.79 Å². The number of carboxylic acid groups (broad SMARTS) is 1. The first kappa shape index (κ1) is 15.7. The molecule has 0 spiro atoms. The summed E-state index contributed by atoms with van der Waals surface area (Å²) < 4.78 is 0. The number of rotatable bonds is 7. The first-order chi connectivity index (χ1) is 9.08. The third-order valence-corrected chi connectivity index (χ3v) is 3.09. The van der Waals surface area contributed by atoms with Crippen LogP contribution in [0.5, 0.6) is 0 Å². The van der Waals surface area contributed by atoms with Gasteiger partial charge in [0.05, 0.1) is 0 Å². The fourth-order valence-corrected chi connectivity index (χ4v) is 1.95. The highest BCUT2D eigenvalue weighted by Gasteiger charge is 2.11. The zero-order valence-electron chi connectivity index (χ0n) is 11.4. The van der Waals surface area contributed by atoms with Crippen molar-refractivity contribution in [1.29, 1.82) is 0 Å². The smallest absolute Gasteiger partial charge is 0.315 e. The number of carbonyl (C=O) groups excluding carboxylic acids is 1. The van der Waals surface area contributed by atoms with Gasteiger partial charge in [-0.3, -0.25) is 9.69 Å². The molecule has 110 valence electrons. The summed E-state index contributed by atoms with van der Waals surface area (Å²) in [5.41, 5.74) is 0. The topological polar surface area (TPSA) is 93.7 Å². The zero-order valence-corrected chi connectivity index (χ0v) is 11.4. The van der Waals surface area contributed by atoms with Crippen LogP contribution in [-0.4, -0.2) is 67.3 Å². The maximum absolute atomic E-state index is 11.5. The van der Waals surface area contributed by atoms with E-state index in [9.17, 15) is 9.59 Å². The second-order valence-electron chi connectivity index (χ2n) is 4.83. The molecule has 1 aliphatic heterocycles. The van der Waals surface area contributed by atoms with Gasteiger partial charge in [-0.1, -0.05) is 0 Å². The summed E-state index contributed by atoms with van der Waals surface area (Å²) in [4.78, 5) is 24.2. The van der Waals surface area contributed by atoms with Gasteiger partial charge in [0.2, 0.25) is 0 Å². The van der Waals surface area contributed by atoms with E-state index in [1.54, 1.807) is 6.92 Å². The van der Waals surface area contributed by atoms with Gasteiger partial charge in [0.25, 0.3) is 0 Å². The lowest BCUT2D eigenvalue weighted by Crippen LogP contribution is -2.48. The molecule has 0 aromatic rings. The molecule has 0 aromatic carbocycles. The van der Waals surface area contributed by atoms with Gasteiger partial charge >= 0.3 is 12.0 Å². The lowest BCUT2D eigenvalue weighted by molar-refractivity contribution is -0.137. The van der Waals surface area contributed by atoms with E-state index in [4.69, 9.17) is 5.11 Å². The van der Waals surface area contributed by atoms with Gasteiger partial charge in [-0.25, -0.2) is 4.79 Å². The lowest BCUT2D eigenvalue weighted by Gasteiger charge is -2.27. The first-order valence-corrected chi connectivity index (χ1v) is 6.77. The molecule has 1 rings (SSSR count). The second kappa shape index (κ2) is 8.71. The van der Waals surface area contributed by atoms with Gasteiger partial charge in [-0.2, -0.15) is 0 Å². The van der Waals surface area contributed by atoms with E-state index >= 15 is 0 Å². The average molecular weight is 272 g/mol. The van der Waals surface area contributed by atoms with Crippen molar-refractivity contribution >= 4 is 12.0 Å². The van der Waals surface area contributed by atoms with Crippen molar-refractivity contribution in [1.82, 2.24) is 20.9 Å². The standard InChI is InChI=1S/C12H24N4O3/c1-10(2-3-11(17)18)15-12(19)14-6-9-16-7-4-13-5-8-16/h10,13H,2-9H2,1H3,(H,17,18)(H2,14,15,19). The molecule has 1 unspecified atom stereocenters. The molecule has 0 saturated carbocycles. The molecule has 1 atom stereocenters. The summed E-state index contributed by atoms with van der Waals surface area (Å²) in [6.45, 7) is 7.28. The Balaban J connectivity index is 2.04. The second-order valence-corrected chi connectivity index (χ2v) is 4.83. The number of carbonyl (C=O) groups is 2. The Hall–Kier alpha value is -1.34. The van der Waals surface area contributed by atoms with Crippen LogP contribution in [0, 0.1) is 0 Å². The van der Waals surface area contributed by atoms with E-state index in [2.05, 4.69) is 20.9 Å². The molecule has 7 nitrogen and oxygen atoms in total. The molecular formula is C12H24N4O3. The van der Waals surface area contributed by atoms with Gasteiger partial charge in [0.15, 0.2) is 0 Å². The third-order valence-electron chi connectivity index (χ3n) is 3.09. The van der Waals surface area contributed by atoms with Crippen molar-refractivity contribution in [2.45, 2.75) is 25.8 Å². The summed E-state index contributed by atoms with van der Waals surface area (Å²) >= 11 is 0. The van der Waals surface area contributed by atoms with E-state index in [0.29, 0.717) is 13.0 Å². The van der Waals surface area contributed by atoms with E-state index in [-0.39, 0.29) is 18.5 Å². The molecule has 19 heavy (non-hydrogen) atoms. The van der Waals surface area contributed by atoms with Crippen LogP contribution in [0.4, 0.5) is 4.79 Å². The minimum Gasteiger partial charge on any atom is -0.481 e. The van der Waals surface area contributed by atoms with Crippen molar-refractivity contribution in [2.75, 3.05) is 39.3 Å². The first-order valence-electron chi connectivity index (χ1n) is 6.77. The number of nitrogens with zero attached hydrogens (tertiary/aromatic N) is 1. The number of hydrogen-bond acceptors (Lipinski definition) is 4. The van der Waals surface area contributed by atoms with Crippen molar-refractivity contribution < 1.29 is 14.7 Å². The average Bonchev–Trinajstić information content (AvgIpc) is 2.37. The number of piperazine rings is 1. The van der Waals surface area contributed by atoms with Crippen molar-refractivity contribution in [3.8, 4) is 0 Å². The Bertz CT molecular complexity index is 293. The van der Waals surface area contributed by atoms with Crippen LogP contribution < -0.4 is 16.0 Å². The van der Waals surface area contributed by atoms with Crippen LogP contribution in [0.1, 0.15) is 19.8 Å². The highest BCUT2D eigenvalue weighted by Crippen LogP contribution is 1.96. The normalized spacial score (nSPS) is 17.7. The third kappa shape index (κ3) is 7.63. The minimum atomic E-state index is -0.840. The lowest BCUT2D eigenvalue weighted by atomic mass is 10.2. The van der Waals surface area contributed by atoms with Gasteiger partial charge in [-0.05, 0) is 13.3 Å². The molecule has 1 aliphatic rings. The van der Waals surface area contributed by atoms with Crippen LogP contribution in [0.2, 0.25) is 0 Å². The van der Waals surface area contributed by atoms with Crippen molar-refractivity contribution in [3.05, 3.63) is 0 Å². The van der Waals surface area contributed by atoms with Crippen LogP contribution in [0.25, 0.3) is 0 Å². The molecule has 4 N–H and O–H groups in total. The largest absolute Gasteiger partial charge is 0.481 e. The predicted molar refractivity (Wildman–Crippen MR) is 72.2 cm³/mol. The molecule has 1 saturated heterocycles. The summed E-state index contributed by atoms with van der Waals surface area (Å²) in [7, 11) is 0. The molecule has 7 heteroatoms. The fourth-order valence-electron chi connectivity index (χ4n) is 1.95. The van der Waals surface area contributed by atoms with Crippen LogP contribution in [0.3, 0.4) is 0 Å². The number of urea groups is 1. The zero-order chi connectivity index (χ0) is 14.1. The summed E-state index contributed by atoms with van der Waals surface area (Å²) in [5, 5.41) is 17.3. The highest BCUT2D eigenvalue weighted by atomic mass is 16.4. The molecule has 2 amide bonds. The fraction of sp³-hybridized carbons (Fsp3) is 0.833. The van der Waals surface area contributed by atoms with E-state index in [1.165, 1.54) is 0 Å². The van der Waals surface area contributed by atoms with Crippen LogP contribution >= 0.6 is 0 Å². The molecule has 0 aliphatic carbocycles. The number of carboxylic acids is 1. The van der Waals surface area contributed by atoms with Crippen molar-refractivity contribution in [2.24, 2.45) is 0 Å². The van der Waals surface area contributed by atoms with Gasteiger partial charge in [0, 0.05) is 51.7 Å². The quantitative estimate of drug-likeness (QED) is 0.499. The Morgan fingerprint density at radius 2 is 2.05 bits per heavy atom. The Labute approximate surface area is 113 Å². The summed E-state index contributed by atoms with van der Waals surface area (Å²) in [6.07, 6.45) is 0.517. The summed E-state index contributed by atoms with van der Waals surface area (Å²) in [5.74, 6) is -0.840. The Morgan fingerprint density at radius 3 is 2.68 bits per heavy atom. The van der Waals surface area contributed by atoms with E-state index < -0.39 is 5.97 Å². The molecule has 0 aromatic heterocycles. The predicted octanol–water partition coefficient (Wildman–Crippen LogP) is -0.556. The minimum absolute atomic E-state index is 0.0717. The SMILES string of the molecule is CC(CCC(=O)O)NC(=O)NCCN1CCNCC1. The maximum Gasteiger partial charge on any atom is 0.315 e.